The molecule has 0 N–H and O–H groups in total. The number of carbonyl (C=O) groups excluding carboxylic acids is 2. The highest BCUT2D eigenvalue weighted by Crippen LogP contribution is 2.30. The summed E-state index contributed by atoms with van der Waals surface area (Å²) >= 11 is 0. The van der Waals surface area contributed by atoms with Gasteiger partial charge in [-0.1, -0.05) is 69.0 Å². The second-order valence-electron chi connectivity index (χ2n) is 6.91. The third-order valence-electron chi connectivity index (χ3n) is 5.06. The number of hydrogen-bond acceptors (Lipinski definition) is 3. The predicted octanol–water partition coefficient (Wildman–Crippen LogP) is 4.10. The lowest BCUT2D eigenvalue weighted by molar-refractivity contribution is -0.125. The molecule has 2 aliphatic rings. The second kappa shape index (κ2) is 7.65. The average molecular weight is 327 g/mol. The van der Waals surface area contributed by atoms with Gasteiger partial charge in [0.25, 0.3) is 5.91 Å². The minimum atomic E-state index is -0.536. The first kappa shape index (κ1) is 16.7. The highest BCUT2D eigenvalue weighted by atomic mass is 16.6. The molecule has 1 saturated carbocycles. The fourth-order valence-corrected chi connectivity index (χ4v) is 3.74. The van der Waals surface area contributed by atoms with Crippen molar-refractivity contribution >= 4 is 12.0 Å². The SMILES string of the molecule is C=C(CC1CCCCC1)C(=O)N1C(=O)OCC1Cc1ccccc1. The Labute approximate surface area is 143 Å². The topological polar surface area (TPSA) is 46.6 Å². The van der Waals surface area contributed by atoms with Crippen molar-refractivity contribution in [1.82, 2.24) is 4.90 Å². The number of carbonyl (C=O) groups is 2. The Kier molecular flexibility index (Phi) is 5.34. The molecule has 128 valence electrons. The van der Waals surface area contributed by atoms with Crippen LogP contribution in [0.5, 0.6) is 0 Å². The third-order valence-corrected chi connectivity index (χ3v) is 5.06. The van der Waals surface area contributed by atoms with Crippen LogP contribution in [0, 0.1) is 5.92 Å². The Bertz CT molecular complexity index is 605. The second-order valence-corrected chi connectivity index (χ2v) is 6.91. The molecule has 0 radical (unpaired) electrons. The monoisotopic (exact) mass is 327 g/mol. The molecule has 0 bridgehead atoms. The average Bonchev–Trinajstić information content (AvgIpc) is 2.96. The summed E-state index contributed by atoms with van der Waals surface area (Å²) in [6, 6.07) is 9.64. The molecule has 0 aromatic heterocycles. The largest absolute Gasteiger partial charge is 0.447 e. The molecule has 2 fully saturated rings. The predicted molar refractivity (Wildman–Crippen MR) is 92.5 cm³/mol. The molecule has 24 heavy (non-hydrogen) atoms. The van der Waals surface area contributed by atoms with Gasteiger partial charge in [-0.3, -0.25) is 4.79 Å². The standard InChI is InChI=1S/C20H25NO3/c1-15(12-16-8-4-2-5-9-16)19(22)21-18(14-24-20(21)23)13-17-10-6-3-7-11-17/h3,6-7,10-11,16,18H,1-2,4-5,8-9,12-14H2. The van der Waals surface area contributed by atoms with E-state index in [1.54, 1.807) is 0 Å². The van der Waals surface area contributed by atoms with Crippen molar-refractivity contribution in [2.75, 3.05) is 6.61 Å². The Morgan fingerprint density at radius 1 is 1.17 bits per heavy atom. The maximum absolute atomic E-state index is 12.8. The summed E-state index contributed by atoms with van der Waals surface area (Å²) < 4.78 is 5.14. The molecule has 1 atom stereocenters. The molecule has 1 aliphatic carbocycles. The van der Waals surface area contributed by atoms with Gasteiger partial charge in [0, 0.05) is 5.57 Å². The van der Waals surface area contributed by atoms with Crippen LogP contribution in [-0.2, 0) is 16.0 Å². The van der Waals surface area contributed by atoms with Gasteiger partial charge in [0.05, 0.1) is 6.04 Å². The maximum atomic E-state index is 12.8. The highest BCUT2D eigenvalue weighted by Gasteiger charge is 2.38. The van der Waals surface area contributed by atoms with Gasteiger partial charge in [-0.2, -0.15) is 0 Å². The van der Waals surface area contributed by atoms with E-state index in [1.807, 2.05) is 30.3 Å². The van der Waals surface area contributed by atoms with Crippen molar-refractivity contribution in [3.63, 3.8) is 0 Å². The third kappa shape index (κ3) is 3.86. The van der Waals surface area contributed by atoms with Crippen LogP contribution in [0.15, 0.2) is 42.5 Å². The first-order valence-corrected chi connectivity index (χ1v) is 8.87. The number of rotatable bonds is 5. The van der Waals surface area contributed by atoms with Crippen LogP contribution in [0.1, 0.15) is 44.1 Å². The van der Waals surface area contributed by atoms with Gasteiger partial charge >= 0.3 is 6.09 Å². The fourth-order valence-electron chi connectivity index (χ4n) is 3.74. The van der Waals surface area contributed by atoms with Crippen LogP contribution in [0.25, 0.3) is 0 Å². The minimum absolute atomic E-state index is 0.240. The molecular formula is C20H25NO3. The van der Waals surface area contributed by atoms with Crippen LogP contribution < -0.4 is 0 Å². The number of ether oxygens (including phenoxy) is 1. The van der Waals surface area contributed by atoms with Crippen LogP contribution >= 0.6 is 0 Å². The quantitative estimate of drug-likeness (QED) is 0.765. The number of cyclic esters (lactones) is 1. The van der Waals surface area contributed by atoms with E-state index < -0.39 is 6.09 Å². The summed E-state index contributed by atoms with van der Waals surface area (Å²) in [4.78, 5) is 26.1. The summed E-state index contributed by atoms with van der Waals surface area (Å²) in [5.74, 6) is 0.269. The van der Waals surface area contributed by atoms with E-state index in [0.29, 0.717) is 24.3 Å². The molecule has 0 spiro atoms. The van der Waals surface area contributed by atoms with E-state index >= 15 is 0 Å². The molecule has 1 aromatic rings. The summed E-state index contributed by atoms with van der Waals surface area (Å²) in [6.45, 7) is 4.23. The summed E-state index contributed by atoms with van der Waals surface area (Å²) in [7, 11) is 0. The first-order chi connectivity index (χ1) is 11.6. The molecule has 4 nitrogen and oxygen atoms in total. The van der Waals surface area contributed by atoms with Crippen molar-refractivity contribution in [3.8, 4) is 0 Å². The lowest BCUT2D eigenvalue weighted by atomic mass is 9.85. The van der Waals surface area contributed by atoms with Gasteiger partial charge in [0.2, 0.25) is 0 Å². The fraction of sp³-hybridized carbons (Fsp3) is 0.500. The maximum Gasteiger partial charge on any atom is 0.417 e. The van der Waals surface area contributed by atoms with Crippen molar-refractivity contribution in [3.05, 3.63) is 48.0 Å². The Hall–Kier alpha value is -2.10. The van der Waals surface area contributed by atoms with E-state index in [0.717, 1.165) is 18.4 Å². The molecule has 3 rings (SSSR count). The zero-order valence-electron chi connectivity index (χ0n) is 14.1. The minimum Gasteiger partial charge on any atom is -0.447 e. The van der Waals surface area contributed by atoms with Crippen molar-refractivity contribution in [1.29, 1.82) is 0 Å². The molecule has 1 saturated heterocycles. The first-order valence-electron chi connectivity index (χ1n) is 8.87. The summed E-state index contributed by atoms with van der Waals surface area (Å²) in [6.07, 6.45) is 6.84. The van der Waals surface area contributed by atoms with Crippen LogP contribution in [0.2, 0.25) is 0 Å². The lowest BCUT2D eigenvalue weighted by Gasteiger charge is -2.25. The van der Waals surface area contributed by atoms with E-state index in [9.17, 15) is 9.59 Å². The summed E-state index contributed by atoms with van der Waals surface area (Å²) in [5, 5.41) is 0. The number of hydrogen-bond donors (Lipinski definition) is 0. The molecule has 2 amide bonds. The van der Waals surface area contributed by atoms with Crippen molar-refractivity contribution in [2.24, 2.45) is 5.92 Å². The van der Waals surface area contributed by atoms with Crippen LogP contribution in [0.4, 0.5) is 4.79 Å². The number of nitrogens with zero attached hydrogens (tertiary/aromatic N) is 1. The Morgan fingerprint density at radius 2 is 1.88 bits per heavy atom. The van der Waals surface area contributed by atoms with Gasteiger partial charge in [0.1, 0.15) is 6.61 Å². The van der Waals surface area contributed by atoms with Gasteiger partial charge in [-0.25, -0.2) is 9.69 Å². The lowest BCUT2D eigenvalue weighted by Crippen LogP contribution is -2.41. The van der Waals surface area contributed by atoms with Gasteiger partial charge in [-0.05, 0) is 24.3 Å². The van der Waals surface area contributed by atoms with Gasteiger partial charge in [0.15, 0.2) is 0 Å². The number of benzene rings is 1. The zero-order chi connectivity index (χ0) is 16.9. The van der Waals surface area contributed by atoms with Crippen molar-refractivity contribution in [2.45, 2.75) is 51.0 Å². The highest BCUT2D eigenvalue weighted by molar-refractivity contribution is 6.03. The van der Waals surface area contributed by atoms with E-state index in [4.69, 9.17) is 4.74 Å². The number of imide groups is 1. The normalized spacial score (nSPS) is 21.6. The summed E-state index contributed by atoms with van der Waals surface area (Å²) in [5.41, 5.74) is 1.63. The van der Waals surface area contributed by atoms with Gasteiger partial charge < -0.3 is 4.74 Å². The molecule has 1 aliphatic heterocycles. The Morgan fingerprint density at radius 3 is 2.58 bits per heavy atom. The van der Waals surface area contributed by atoms with Crippen LogP contribution in [0.3, 0.4) is 0 Å². The molecular weight excluding hydrogens is 302 g/mol. The van der Waals surface area contributed by atoms with Crippen LogP contribution in [-0.4, -0.2) is 29.5 Å². The number of amides is 2. The zero-order valence-corrected chi connectivity index (χ0v) is 14.1. The van der Waals surface area contributed by atoms with E-state index in [-0.39, 0.29) is 18.6 Å². The molecule has 4 heteroatoms. The molecule has 1 heterocycles. The smallest absolute Gasteiger partial charge is 0.417 e. The van der Waals surface area contributed by atoms with Gasteiger partial charge in [-0.15, -0.1) is 0 Å². The van der Waals surface area contributed by atoms with E-state index in [1.165, 1.54) is 24.2 Å². The molecule has 1 unspecified atom stereocenters. The van der Waals surface area contributed by atoms with E-state index in [2.05, 4.69) is 6.58 Å². The Balaban J connectivity index is 1.64. The van der Waals surface area contributed by atoms with Crippen molar-refractivity contribution < 1.29 is 14.3 Å². The molecule has 1 aromatic carbocycles.